The predicted molar refractivity (Wildman–Crippen MR) is 70.2 cm³/mol. The lowest BCUT2D eigenvalue weighted by Crippen LogP contribution is -1.99. The van der Waals surface area contributed by atoms with Crippen LogP contribution in [0, 0.1) is 0 Å². The van der Waals surface area contributed by atoms with Gasteiger partial charge in [0, 0.05) is 25.9 Å². The molecule has 16 heavy (non-hydrogen) atoms. The highest BCUT2D eigenvalue weighted by Crippen LogP contribution is 2.07. The number of aliphatic imine (C=N–C) groups is 1. The Morgan fingerprint density at radius 2 is 2.19 bits per heavy atom. The number of nitrogens with zero attached hydrogens (tertiary/aromatic N) is 2. The van der Waals surface area contributed by atoms with Gasteiger partial charge < -0.3 is 5.32 Å². The summed E-state index contributed by atoms with van der Waals surface area (Å²) in [5.41, 5.74) is 2.90. The van der Waals surface area contributed by atoms with Gasteiger partial charge in [0.05, 0.1) is 5.71 Å². The molecule has 84 valence electrons. The molecule has 0 aliphatic carbocycles. The third kappa shape index (κ3) is 3.35. The monoisotopic (exact) mass is 215 g/mol. The van der Waals surface area contributed by atoms with Crippen LogP contribution in [0.2, 0.25) is 0 Å². The summed E-state index contributed by atoms with van der Waals surface area (Å²) in [7, 11) is 3.61. The number of hydrogen-bond donors (Lipinski definition) is 1. The quantitative estimate of drug-likeness (QED) is 0.619. The van der Waals surface area contributed by atoms with E-state index in [1.165, 1.54) is 0 Å². The van der Waals surface area contributed by atoms with Crippen LogP contribution in [0.3, 0.4) is 0 Å². The van der Waals surface area contributed by atoms with Gasteiger partial charge in [0.1, 0.15) is 5.82 Å². The van der Waals surface area contributed by atoms with Gasteiger partial charge in [0.15, 0.2) is 0 Å². The molecule has 0 aliphatic heterocycles. The molecule has 0 fully saturated rings. The van der Waals surface area contributed by atoms with Crippen LogP contribution in [-0.4, -0.2) is 24.8 Å². The molecule has 1 aromatic rings. The van der Waals surface area contributed by atoms with Crippen molar-refractivity contribution in [3.63, 3.8) is 0 Å². The second-order valence-electron chi connectivity index (χ2n) is 3.47. The van der Waals surface area contributed by atoms with Crippen molar-refractivity contribution < 1.29 is 0 Å². The number of nitrogens with one attached hydrogen (secondary N) is 1. The third-order valence-corrected chi connectivity index (χ3v) is 2.08. The van der Waals surface area contributed by atoms with Crippen LogP contribution >= 0.6 is 0 Å². The van der Waals surface area contributed by atoms with Crippen LogP contribution in [-0.2, 0) is 0 Å². The minimum atomic E-state index is 0.850. The van der Waals surface area contributed by atoms with E-state index in [2.05, 4.69) is 21.9 Å². The fourth-order valence-electron chi connectivity index (χ4n) is 1.21. The molecule has 0 radical (unpaired) electrons. The van der Waals surface area contributed by atoms with E-state index in [-0.39, 0.29) is 0 Å². The molecule has 0 unspecified atom stereocenters. The summed E-state index contributed by atoms with van der Waals surface area (Å²) in [6.45, 7) is 5.77. The Morgan fingerprint density at radius 1 is 1.44 bits per heavy atom. The molecular weight excluding hydrogens is 198 g/mol. The van der Waals surface area contributed by atoms with Gasteiger partial charge in [-0.1, -0.05) is 18.2 Å². The Morgan fingerprint density at radius 3 is 2.62 bits per heavy atom. The standard InChI is InChI=1S/C13H17N3/c1-10(2)5-7-12(14-3)11-6-8-13(15-4)16-9-11/h5-9H,1H2,2-4H3,(H,15,16)/b7-5-,14-12?. The average molecular weight is 215 g/mol. The maximum atomic E-state index is 4.24. The van der Waals surface area contributed by atoms with Crippen molar-refractivity contribution in [1.29, 1.82) is 0 Å². The Kier molecular flexibility index (Phi) is 4.45. The van der Waals surface area contributed by atoms with Gasteiger partial charge in [-0.25, -0.2) is 4.98 Å². The van der Waals surface area contributed by atoms with E-state index in [4.69, 9.17) is 0 Å². The van der Waals surface area contributed by atoms with Gasteiger partial charge >= 0.3 is 0 Å². The van der Waals surface area contributed by atoms with E-state index in [0.717, 1.165) is 22.7 Å². The van der Waals surface area contributed by atoms with Gasteiger partial charge in [-0.3, -0.25) is 4.99 Å². The van der Waals surface area contributed by atoms with Crippen LogP contribution in [0.5, 0.6) is 0 Å². The zero-order valence-corrected chi connectivity index (χ0v) is 9.99. The minimum Gasteiger partial charge on any atom is -0.373 e. The first kappa shape index (κ1) is 12.2. The largest absolute Gasteiger partial charge is 0.373 e. The lowest BCUT2D eigenvalue weighted by atomic mass is 10.1. The molecule has 1 heterocycles. The van der Waals surface area contributed by atoms with E-state index < -0.39 is 0 Å². The molecule has 0 amide bonds. The first-order valence-corrected chi connectivity index (χ1v) is 5.12. The highest BCUT2D eigenvalue weighted by Gasteiger charge is 1.99. The summed E-state index contributed by atoms with van der Waals surface area (Å²) in [6, 6.07) is 3.92. The van der Waals surface area contributed by atoms with Crippen LogP contribution in [0.1, 0.15) is 12.5 Å². The normalized spacial score (nSPS) is 11.8. The summed E-state index contributed by atoms with van der Waals surface area (Å²) >= 11 is 0. The molecule has 0 bridgehead atoms. The smallest absolute Gasteiger partial charge is 0.125 e. The zero-order valence-electron chi connectivity index (χ0n) is 9.99. The number of hydrogen-bond acceptors (Lipinski definition) is 3. The summed E-state index contributed by atoms with van der Waals surface area (Å²) in [5, 5.41) is 2.98. The molecule has 1 aromatic heterocycles. The lowest BCUT2D eigenvalue weighted by Gasteiger charge is -2.02. The Balaban J connectivity index is 2.92. The van der Waals surface area contributed by atoms with Crippen molar-refractivity contribution in [3.05, 3.63) is 48.2 Å². The van der Waals surface area contributed by atoms with Crippen LogP contribution in [0.4, 0.5) is 5.82 Å². The Hall–Kier alpha value is -1.90. The number of allylic oxidation sites excluding steroid dienone is 3. The molecule has 0 atom stereocenters. The highest BCUT2D eigenvalue weighted by molar-refractivity contribution is 6.08. The van der Waals surface area contributed by atoms with Crippen molar-refractivity contribution in [1.82, 2.24) is 4.98 Å². The first-order valence-electron chi connectivity index (χ1n) is 5.12. The van der Waals surface area contributed by atoms with Gasteiger partial charge in [-0.05, 0) is 25.1 Å². The number of pyridine rings is 1. The second-order valence-corrected chi connectivity index (χ2v) is 3.47. The van der Waals surface area contributed by atoms with Crippen LogP contribution in [0.15, 0.2) is 47.6 Å². The molecule has 0 saturated heterocycles. The van der Waals surface area contributed by atoms with E-state index in [0.29, 0.717) is 0 Å². The Bertz CT molecular complexity index is 413. The van der Waals surface area contributed by atoms with Crippen LogP contribution < -0.4 is 5.32 Å². The van der Waals surface area contributed by atoms with Crippen molar-refractivity contribution in [3.8, 4) is 0 Å². The molecule has 1 rings (SSSR count). The second kappa shape index (κ2) is 5.85. The van der Waals surface area contributed by atoms with Crippen LogP contribution in [0.25, 0.3) is 0 Å². The summed E-state index contributed by atoms with van der Waals surface area (Å²) in [4.78, 5) is 8.46. The average Bonchev–Trinajstić information content (AvgIpc) is 2.30. The minimum absolute atomic E-state index is 0.850. The zero-order chi connectivity index (χ0) is 12.0. The molecule has 3 nitrogen and oxygen atoms in total. The molecule has 0 aliphatic rings. The third-order valence-electron chi connectivity index (χ3n) is 2.08. The molecule has 0 spiro atoms. The lowest BCUT2D eigenvalue weighted by molar-refractivity contribution is 1.27. The maximum Gasteiger partial charge on any atom is 0.125 e. The fraction of sp³-hybridized carbons (Fsp3) is 0.231. The van der Waals surface area contributed by atoms with Crippen molar-refractivity contribution in [2.45, 2.75) is 6.92 Å². The summed E-state index contributed by atoms with van der Waals surface area (Å²) < 4.78 is 0. The number of aromatic nitrogens is 1. The van der Waals surface area contributed by atoms with E-state index in [1.54, 1.807) is 13.2 Å². The summed E-state index contributed by atoms with van der Waals surface area (Å²) in [6.07, 6.45) is 5.68. The molecule has 1 N–H and O–H groups in total. The van der Waals surface area contributed by atoms with E-state index in [9.17, 15) is 0 Å². The Labute approximate surface area is 96.6 Å². The van der Waals surface area contributed by atoms with E-state index in [1.807, 2.05) is 38.3 Å². The maximum absolute atomic E-state index is 4.24. The fourth-order valence-corrected chi connectivity index (χ4v) is 1.21. The van der Waals surface area contributed by atoms with Crippen molar-refractivity contribution >= 4 is 11.5 Å². The van der Waals surface area contributed by atoms with E-state index >= 15 is 0 Å². The van der Waals surface area contributed by atoms with Gasteiger partial charge in [-0.15, -0.1) is 0 Å². The molecular formula is C13H17N3. The first-order chi connectivity index (χ1) is 7.67. The predicted octanol–water partition coefficient (Wildman–Crippen LogP) is 2.67. The topological polar surface area (TPSA) is 37.3 Å². The number of anilines is 1. The van der Waals surface area contributed by atoms with Gasteiger partial charge in [0.25, 0.3) is 0 Å². The SMILES string of the molecule is C=C(C)/C=C\C(=NC)c1ccc(NC)nc1. The van der Waals surface area contributed by atoms with Gasteiger partial charge in [-0.2, -0.15) is 0 Å². The molecule has 0 aromatic carbocycles. The molecule has 3 heteroatoms. The number of rotatable bonds is 4. The summed E-state index contributed by atoms with van der Waals surface area (Å²) in [5.74, 6) is 0.850. The van der Waals surface area contributed by atoms with Crippen molar-refractivity contribution in [2.75, 3.05) is 19.4 Å². The highest BCUT2D eigenvalue weighted by atomic mass is 14.9. The molecule has 0 saturated carbocycles. The van der Waals surface area contributed by atoms with Crippen molar-refractivity contribution in [2.24, 2.45) is 4.99 Å². The van der Waals surface area contributed by atoms with Gasteiger partial charge in [0.2, 0.25) is 0 Å².